The minimum atomic E-state index is -0.607. The summed E-state index contributed by atoms with van der Waals surface area (Å²) in [4.78, 5) is 13.9. The van der Waals surface area contributed by atoms with Crippen molar-refractivity contribution in [1.82, 2.24) is 0 Å². The molecule has 0 bridgehead atoms. The van der Waals surface area contributed by atoms with E-state index in [-0.39, 0.29) is 11.3 Å². The number of rotatable bonds is 4. The van der Waals surface area contributed by atoms with Crippen LogP contribution >= 0.6 is 0 Å². The summed E-state index contributed by atoms with van der Waals surface area (Å²) in [6.45, 7) is 0.430. The van der Waals surface area contributed by atoms with Crippen molar-refractivity contribution in [2.75, 3.05) is 19.1 Å². The molecule has 0 aromatic heterocycles. The van der Waals surface area contributed by atoms with Gasteiger partial charge in [0.1, 0.15) is 17.1 Å². The Morgan fingerprint density at radius 1 is 1.24 bits per heavy atom. The summed E-state index contributed by atoms with van der Waals surface area (Å²) in [5.74, 6) is -0.861. The molecule has 0 saturated heterocycles. The summed E-state index contributed by atoms with van der Waals surface area (Å²) in [5.41, 5.74) is 7.08. The predicted molar refractivity (Wildman–Crippen MR) is 80.0 cm³/mol. The first-order valence-corrected chi connectivity index (χ1v) is 6.48. The molecule has 0 fully saturated rings. The smallest absolute Gasteiger partial charge is 0.264 e. The quantitative estimate of drug-likeness (QED) is 0.940. The zero-order chi connectivity index (χ0) is 15.4. The van der Waals surface area contributed by atoms with Gasteiger partial charge in [-0.05, 0) is 29.8 Å². The highest BCUT2D eigenvalue weighted by Crippen LogP contribution is 2.25. The molecule has 0 heterocycles. The Morgan fingerprint density at radius 2 is 1.90 bits per heavy atom. The van der Waals surface area contributed by atoms with Crippen LogP contribution in [0.2, 0.25) is 0 Å². The van der Waals surface area contributed by atoms with E-state index in [1.165, 1.54) is 24.1 Å². The highest BCUT2D eigenvalue weighted by molar-refractivity contribution is 6.07. The van der Waals surface area contributed by atoms with Crippen molar-refractivity contribution in [2.24, 2.45) is 5.73 Å². The molecule has 0 spiro atoms. The fraction of sp³-hybridized carbons (Fsp3) is 0.188. The fourth-order valence-electron chi connectivity index (χ4n) is 2.02. The molecule has 0 radical (unpaired) electrons. The Kier molecular flexibility index (Phi) is 4.55. The van der Waals surface area contributed by atoms with E-state index >= 15 is 0 Å². The van der Waals surface area contributed by atoms with Gasteiger partial charge in [-0.25, -0.2) is 4.39 Å². The van der Waals surface area contributed by atoms with Gasteiger partial charge in [-0.3, -0.25) is 4.79 Å². The van der Waals surface area contributed by atoms with E-state index in [1.54, 1.807) is 25.2 Å². The average Bonchev–Trinajstić information content (AvgIpc) is 2.53. The molecule has 0 atom stereocenters. The van der Waals surface area contributed by atoms with Gasteiger partial charge in [-0.15, -0.1) is 0 Å². The minimum Gasteiger partial charge on any atom is -0.496 e. The van der Waals surface area contributed by atoms with Crippen LogP contribution in [0, 0.1) is 5.82 Å². The third-order valence-corrected chi connectivity index (χ3v) is 3.27. The van der Waals surface area contributed by atoms with Crippen LogP contribution in [0.25, 0.3) is 0 Å². The molecule has 110 valence electrons. The Morgan fingerprint density at radius 3 is 2.48 bits per heavy atom. The van der Waals surface area contributed by atoms with Crippen molar-refractivity contribution in [2.45, 2.75) is 6.54 Å². The zero-order valence-corrected chi connectivity index (χ0v) is 12.0. The largest absolute Gasteiger partial charge is 0.496 e. The lowest BCUT2D eigenvalue weighted by molar-refractivity contribution is 0.0986. The SMILES string of the molecule is COc1cccc(F)c1C(=O)N(C)c1ccc(CN)cc1. The lowest BCUT2D eigenvalue weighted by Gasteiger charge is -2.19. The van der Waals surface area contributed by atoms with Crippen molar-refractivity contribution >= 4 is 11.6 Å². The molecule has 0 saturated carbocycles. The number of methoxy groups -OCH3 is 1. The maximum atomic E-state index is 13.9. The van der Waals surface area contributed by atoms with E-state index in [2.05, 4.69) is 0 Å². The van der Waals surface area contributed by atoms with Crippen LogP contribution in [0.3, 0.4) is 0 Å². The summed E-state index contributed by atoms with van der Waals surface area (Å²) in [6.07, 6.45) is 0. The molecule has 5 heteroatoms. The van der Waals surface area contributed by atoms with Gasteiger partial charge in [0.2, 0.25) is 0 Å². The Labute approximate surface area is 122 Å². The molecule has 21 heavy (non-hydrogen) atoms. The summed E-state index contributed by atoms with van der Waals surface area (Å²) in [5, 5.41) is 0. The average molecular weight is 288 g/mol. The van der Waals surface area contributed by atoms with E-state index in [0.29, 0.717) is 12.2 Å². The molecule has 0 aliphatic heterocycles. The number of anilines is 1. The molecule has 2 N–H and O–H groups in total. The van der Waals surface area contributed by atoms with Gasteiger partial charge in [-0.1, -0.05) is 18.2 Å². The molecular formula is C16H17FN2O2. The predicted octanol–water partition coefficient (Wildman–Crippen LogP) is 2.57. The summed E-state index contributed by atoms with van der Waals surface area (Å²) < 4.78 is 19.0. The molecule has 2 aromatic carbocycles. The third kappa shape index (κ3) is 3.03. The van der Waals surface area contributed by atoms with Crippen LogP contribution in [-0.2, 0) is 6.54 Å². The van der Waals surface area contributed by atoms with Gasteiger partial charge in [-0.2, -0.15) is 0 Å². The first-order valence-electron chi connectivity index (χ1n) is 6.48. The van der Waals surface area contributed by atoms with Crippen molar-refractivity contribution in [1.29, 1.82) is 0 Å². The Hall–Kier alpha value is -2.40. The van der Waals surface area contributed by atoms with Gasteiger partial charge in [0.05, 0.1) is 7.11 Å². The van der Waals surface area contributed by atoms with Crippen molar-refractivity contribution < 1.29 is 13.9 Å². The standard InChI is InChI=1S/C16H17FN2O2/c1-19(12-8-6-11(10-18)7-9-12)16(20)15-13(17)4-3-5-14(15)21-2/h3-9H,10,18H2,1-2H3. The number of ether oxygens (including phenoxy) is 1. The molecule has 0 unspecified atom stereocenters. The number of hydrogen-bond acceptors (Lipinski definition) is 3. The Bertz CT molecular complexity index is 641. The van der Waals surface area contributed by atoms with Gasteiger partial charge in [0.15, 0.2) is 0 Å². The molecule has 2 aromatic rings. The Balaban J connectivity index is 2.34. The van der Waals surface area contributed by atoms with Crippen LogP contribution in [0.4, 0.5) is 10.1 Å². The van der Waals surface area contributed by atoms with Crippen molar-refractivity contribution in [3.63, 3.8) is 0 Å². The van der Waals surface area contributed by atoms with E-state index in [9.17, 15) is 9.18 Å². The normalized spacial score (nSPS) is 10.3. The van der Waals surface area contributed by atoms with Crippen LogP contribution in [-0.4, -0.2) is 20.1 Å². The number of carbonyl (C=O) groups is 1. The van der Waals surface area contributed by atoms with Gasteiger partial charge < -0.3 is 15.4 Å². The molecular weight excluding hydrogens is 271 g/mol. The highest BCUT2D eigenvalue weighted by atomic mass is 19.1. The number of nitrogens with zero attached hydrogens (tertiary/aromatic N) is 1. The van der Waals surface area contributed by atoms with Crippen LogP contribution in [0.15, 0.2) is 42.5 Å². The molecule has 0 aliphatic carbocycles. The lowest BCUT2D eigenvalue weighted by atomic mass is 10.1. The number of carbonyl (C=O) groups excluding carboxylic acids is 1. The number of nitrogens with two attached hydrogens (primary N) is 1. The van der Waals surface area contributed by atoms with Crippen molar-refractivity contribution in [3.8, 4) is 5.75 Å². The second kappa shape index (κ2) is 6.37. The molecule has 1 amide bonds. The minimum absolute atomic E-state index is 0.0783. The summed E-state index contributed by atoms with van der Waals surface area (Å²) >= 11 is 0. The van der Waals surface area contributed by atoms with E-state index in [0.717, 1.165) is 5.56 Å². The van der Waals surface area contributed by atoms with Gasteiger partial charge in [0.25, 0.3) is 5.91 Å². The number of amides is 1. The molecule has 4 nitrogen and oxygen atoms in total. The molecule has 2 rings (SSSR count). The molecule has 0 aliphatic rings. The fourth-order valence-corrected chi connectivity index (χ4v) is 2.02. The van der Waals surface area contributed by atoms with Gasteiger partial charge >= 0.3 is 0 Å². The van der Waals surface area contributed by atoms with Crippen LogP contribution in [0.1, 0.15) is 15.9 Å². The second-order valence-corrected chi connectivity index (χ2v) is 4.55. The lowest BCUT2D eigenvalue weighted by Crippen LogP contribution is -2.27. The zero-order valence-electron chi connectivity index (χ0n) is 12.0. The first kappa shape index (κ1) is 15.0. The summed E-state index contributed by atoms with van der Waals surface area (Å²) in [6, 6.07) is 11.5. The monoisotopic (exact) mass is 288 g/mol. The number of halogens is 1. The van der Waals surface area contributed by atoms with E-state index in [4.69, 9.17) is 10.5 Å². The number of hydrogen-bond donors (Lipinski definition) is 1. The third-order valence-electron chi connectivity index (χ3n) is 3.27. The maximum Gasteiger partial charge on any atom is 0.264 e. The van der Waals surface area contributed by atoms with E-state index in [1.807, 2.05) is 12.1 Å². The maximum absolute atomic E-state index is 13.9. The van der Waals surface area contributed by atoms with Crippen LogP contribution in [0.5, 0.6) is 5.75 Å². The van der Waals surface area contributed by atoms with Crippen LogP contribution < -0.4 is 15.4 Å². The highest BCUT2D eigenvalue weighted by Gasteiger charge is 2.21. The van der Waals surface area contributed by atoms with Crippen molar-refractivity contribution in [3.05, 3.63) is 59.4 Å². The van der Waals surface area contributed by atoms with E-state index < -0.39 is 11.7 Å². The first-order chi connectivity index (χ1) is 10.1. The topological polar surface area (TPSA) is 55.6 Å². The van der Waals surface area contributed by atoms with Gasteiger partial charge in [0, 0.05) is 19.3 Å². The number of benzene rings is 2. The summed E-state index contributed by atoms with van der Waals surface area (Å²) in [7, 11) is 2.99. The second-order valence-electron chi connectivity index (χ2n) is 4.55.